The highest BCUT2D eigenvalue weighted by Crippen LogP contribution is 2.27. The molecule has 2 aromatic carbocycles. The minimum Gasteiger partial charge on any atom is -0.318 e. The number of benzene rings is 2. The molecule has 0 saturated heterocycles. The number of rotatable bonds is 2. The highest BCUT2D eigenvalue weighted by Gasteiger charge is 2.17. The second-order valence-electron chi connectivity index (χ2n) is 5.72. The molecule has 2 N–H and O–H groups in total. The predicted molar refractivity (Wildman–Crippen MR) is 94.1 cm³/mol. The van der Waals surface area contributed by atoms with Gasteiger partial charge in [0.25, 0.3) is 0 Å². The van der Waals surface area contributed by atoms with Crippen molar-refractivity contribution in [1.29, 1.82) is 0 Å². The fraction of sp³-hybridized carbons (Fsp3) is 0.222. The van der Waals surface area contributed by atoms with Crippen LogP contribution in [0.3, 0.4) is 0 Å². The average Bonchev–Trinajstić information content (AvgIpc) is 2.41. The first-order valence-electron chi connectivity index (χ1n) is 7.23. The maximum Gasteiger partial charge on any atom is 0.314 e. The first-order chi connectivity index (χ1) is 10.8. The quantitative estimate of drug-likeness (QED) is 0.813. The summed E-state index contributed by atoms with van der Waals surface area (Å²) in [4.78, 5) is 24.2. The number of carbonyl (C=O) groups is 2. The molecule has 0 fully saturated rings. The number of hydrogen-bond donors (Lipinski definition) is 2. The van der Waals surface area contributed by atoms with E-state index in [0.717, 1.165) is 22.3 Å². The van der Waals surface area contributed by atoms with Crippen molar-refractivity contribution in [2.45, 2.75) is 27.7 Å². The van der Waals surface area contributed by atoms with Gasteiger partial charge in [-0.15, -0.1) is 0 Å². The van der Waals surface area contributed by atoms with Gasteiger partial charge in [-0.3, -0.25) is 9.59 Å². The third-order valence-electron chi connectivity index (χ3n) is 3.36. The summed E-state index contributed by atoms with van der Waals surface area (Å²) in [5.74, 6) is -1.48. The second-order valence-corrected chi connectivity index (χ2v) is 6.13. The molecule has 2 amide bonds. The number of carbonyl (C=O) groups excluding carboxylic acids is 2. The van der Waals surface area contributed by atoms with Crippen molar-refractivity contribution in [3.63, 3.8) is 0 Å². The number of anilines is 2. The van der Waals surface area contributed by atoms with Crippen molar-refractivity contribution >= 4 is 34.8 Å². The van der Waals surface area contributed by atoms with Gasteiger partial charge in [-0.1, -0.05) is 23.7 Å². The van der Waals surface area contributed by atoms with E-state index in [1.807, 2.05) is 52.0 Å². The summed E-state index contributed by atoms with van der Waals surface area (Å²) in [6.45, 7) is 7.60. The zero-order valence-corrected chi connectivity index (χ0v) is 14.3. The lowest BCUT2D eigenvalue weighted by molar-refractivity contribution is -0.133. The van der Waals surface area contributed by atoms with Crippen LogP contribution in [0.1, 0.15) is 22.3 Å². The standard InChI is InChI=1S/C18H19ClN2O2/c1-10-5-11(2)8-14(7-10)20-17(22)18(23)21-16-13(4)6-12(3)9-15(16)19/h5-9H,1-4H3,(H,20,22)(H,21,23). The zero-order chi connectivity index (χ0) is 17.1. The molecular weight excluding hydrogens is 312 g/mol. The topological polar surface area (TPSA) is 58.2 Å². The van der Waals surface area contributed by atoms with Crippen LogP contribution in [0.25, 0.3) is 0 Å². The van der Waals surface area contributed by atoms with E-state index in [1.165, 1.54) is 0 Å². The Bertz CT molecular complexity index is 741. The van der Waals surface area contributed by atoms with Crippen LogP contribution in [0.5, 0.6) is 0 Å². The molecule has 0 radical (unpaired) electrons. The fourth-order valence-electron chi connectivity index (χ4n) is 2.48. The van der Waals surface area contributed by atoms with E-state index in [9.17, 15) is 9.59 Å². The summed E-state index contributed by atoms with van der Waals surface area (Å²) >= 11 is 6.14. The van der Waals surface area contributed by atoms with Crippen molar-refractivity contribution in [2.24, 2.45) is 0 Å². The Hall–Kier alpha value is -2.33. The van der Waals surface area contributed by atoms with Crippen molar-refractivity contribution < 1.29 is 9.59 Å². The van der Waals surface area contributed by atoms with Gasteiger partial charge in [-0.2, -0.15) is 0 Å². The Morgan fingerprint density at radius 3 is 1.87 bits per heavy atom. The van der Waals surface area contributed by atoms with Crippen LogP contribution in [0.4, 0.5) is 11.4 Å². The van der Waals surface area contributed by atoms with Crippen LogP contribution in [0.2, 0.25) is 5.02 Å². The van der Waals surface area contributed by atoms with Gasteiger partial charge in [0.2, 0.25) is 0 Å². The average molecular weight is 331 g/mol. The highest BCUT2D eigenvalue weighted by atomic mass is 35.5. The molecule has 0 bridgehead atoms. The number of aryl methyl sites for hydroxylation is 4. The smallest absolute Gasteiger partial charge is 0.314 e. The molecule has 0 aliphatic heterocycles. The zero-order valence-electron chi connectivity index (χ0n) is 13.6. The molecule has 0 spiro atoms. The molecule has 0 aliphatic rings. The maximum absolute atomic E-state index is 12.1. The minimum atomic E-state index is -0.752. The van der Waals surface area contributed by atoms with Crippen LogP contribution in [0, 0.1) is 27.7 Å². The van der Waals surface area contributed by atoms with E-state index >= 15 is 0 Å². The number of amides is 2. The Morgan fingerprint density at radius 1 is 0.783 bits per heavy atom. The molecule has 0 saturated carbocycles. The largest absolute Gasteiger partial charge is 0.318 e. The van der Waals surface area contributed by atoms with Crippen LogP contribution in [0.15, 0.2) is 30.3 Å². The predicted octanol–water partition coefficient (Wildman–Crippen LogP) is 4.15. The van der Waals surface area contributed by atoms with E-state index in [2.05, 4.69) is 10.6 Å². The second kappa shape index (κ2) is 6.84. The number of hydrogen-bond acceptors (Lipinski definition) is 2. The molecule has 23 heavy (non-hydrogen) atoms. The van der Waals surface area contributed by atoms with Crippen molar-refractivity contribution in [3.05, 3.63) is 57.6 Å². The lowest BCUT2D eigenvalue weighted by Crippen LogP contribution is -2.29. The Balaban J connectivity index is 2.13. The van der Waals surface area contributed by atoms with Crippen LogP contribution >= 0.6 is 11.6 Å². The summed E-state index contributed by atoms with van der Waals surface area (Å²) in [6, 6.07) is 9.24. The van der Waals surface area contributed by atoms with Gasteiger partial charge in [0.1, 0.15) is 0 Å². The van der Waals surface area contributed by atoms with Gasteiger partial charge in [0.05, 0.1) is 10.7 Å². The highest BCUT2D eigenvalue weighted by molar-refractivity contribution is 6.45. The third kappa shape index (κ3) is 4.33. The lowest BCUT2D eigenvalue weighted by atomic mass is 10.1. The number of halogens is 1. The molecule has 0 aliphatic carbocycles. The molecule has 2 aromatic rings. The van der Waals surface area contributed by atoms with Gasteiger partial charge in [0, 0.05) is 5.69 Å². The molecule has 0 atom stereocenters. The molecule has 4 nitrogen and oxygen atoms in total. The van der Waals surface area contributed by atoms with E-state index in [0.29, 0.717) is 16.4 Å². The molecule has 0 aromatic heterocycles. The Morgan fingerprint density at radius 2 is 1.30 bits per heavy atom. The van der Waals surface area contributed by atoms with Crippen LogP contribution in [-0.4, -0.2) is 11.8 Å². The van der Waals surface area contributed by atoms with Gasteiger partial charge in [0.15, 0.2) is 0 Å². The van der Waals surface area contributed by atoms with Crippen LogP contribution < -0.4 is 10.6 Å². The summed E-state index contributed by atoms with van der Waals surface area (Å²) in [5, 5.41) is 5.58. The van der Waals surface area contributed by atoms with Gasteiger partial charge >= 0.3 is 11.8 Å². The summed E-state index contributed by atoms with van der Waals surface area (Å²) in [6.07, 6.45) is 0. The number of nitrogens with one attached hydrogen (secondary N) is 2. The Labute approximate surface area is 140 Å². The first-order valence-corrected chi connectivity index (χ1v) is 7.61. The van der Waals surface area contributed by atoms with E-state index < -0.39 is 11.8 Å². The molecule has 0 heterocycles. The first kappa shape index (κ1) is 17.0. The Kier molecular flexibility index (Phi) is 5.06. The summed E-state index contributed by atoms with van der Waals surface area (Å²) in [7, 11) is 0. The van der Waals surface area contributed by atoms with Gasteiger partial charge in [-0.25, -0.2) is 0 Å². The monoisotopic (exact) mass is 330 g/mol. The van der Waals surface area contributed by atoms with Gasteiger partial charge < -0.3 is 10.6 Å². The summed E-state index contributed by atoms with van der Waals surface area (Å²) < 4.78 is 0. The lowest BCUT2D eigenvalue weighted by Gasteiger charge is -2.12. The van der Waals surface area contributed by atoms with Crippen molar-refractivity contribution in [1.82, 2.24) is 0 Å². The SMILES string of the molecule is Cc1cc(C)cc(NC(=O)C(=O)Nc2c(C)cc(C)cc2Cl)c1. The van der Waals surface area contributed by atoms with Crippen molar-refractivity contribution in [2.75, 3.05) is 10.6 Å². The van der Waals surface area contributed by atoms with E-state index in [-0.39, 0.29) is 0 Å². The van der Waals surface area contributed by atoms with Crippen LogP contribution in [-0.2, 0) is 9.59 Å². The normalized spacial score (nSPS) is 10.3. The minimum absolute atomic E-state index is 0.412. The van der Waals surface area contributed by atoms with Crippen molar-refractivity contribution in [3.8, 4) is 0 Å². The molecule has 2 rings (SSSR count). The fourth-order valence-corrected chi connectivity index (χ4v) is 2.85. The van der Waals surface area contributed by atoms with Gasteiger partial charge in [-0.05, 0) is 68.1 Å². The van der Waals surface area contributed by atoms with E-state index in [4.69, 9.17) is 11.6 Å². The molecule has 0 unspecified atom stereocenters. The summed E-state index contributed by atoms with van der Waals surface area (Å²) in [5.41, 5.74) is 4.87. The molecule has 120 valence electrons. The van der Waals surface area contributed by atoms with E-state index in [1.54, 1.807) is 6.07 Å². The maximum atomic E-state index is 12.1. The third-order valence-corrected chi connectivity index (χ3v) is 3.65. The molecule has 5 heteroatoms. The molecular formula is C18H19ClN2O2.